The second-order valence-electron chi connectivity index (χ2n) is 6.17. The summed E-state index contributed by atoms with van der Waals surface area (Å²) in [5.74, 6) is 0.381. The van der Waals surface area contributed by atoms with Gasteiger partial charge in [-0.25, -0.2) is 9.97 Å². The maximum Gasteiger partial charge on any atom is 0.272 e. The summed E-state index contributed by atoms with van der Waals surface area (Å²) in [5.41, 5.74) is 2.15. The lowest BCUT2D eigenvalue weighted by Crippen LogP contribution is -2.30. The first-order valence-electron chi connectivity index (χ1n) is 7.94. The van der Waals surface area contributed by atoms with E-state index in [0.717, 1.165) is 11.3 Å². The quantitative estimate of drug-likeness (QED) is 0.843. The Bertz CT molecular complexity index is 744. The maximum atomic E-state index is 12.8. The Balaban J connectivity index is 1.82. The average molecular weight is 330 g/mol. The third-order valence-corrected chi connectivity index (χ3v) is 4.41. The molecule has 2 atom stereocenters. The summed E-state index contributed by atoms with van der Waals surface area (Å²) in [6.45, 7) is 2.92. The minimum atomic E-state index is -0.137. The molecule has 0 bridgehead atoms. The van der Waals surface area contributed by atoms with E-state index in [2.05, 4.69) is 20.4 Å². The monoisotopic (exact) mass is 330 g/mol. The predicted octanol–water partition coefficient (Wildman–Crippen LogP) is 0.408. The van der Waals surface area contributed by atoms with Crippen LogP contribution in [0.2, 0.25) is 0 Å². The summed E-state index contributed by atoms with van der Waals surface area (Å²) >= 11 is 0. The van der Waals surface area contributed by atoms with E-state index in [1.54, 1.807) is 28.9 Å². The molecule has 1 saturated heterocycles. The SMILES string of the molecule is CNc1nc(C)cc(C(=O)N2C[C@@H](CO)[C@H](c3cnn(C)c3)C2)n1. The largest absolute Gasteiger partial charge is 0.396 e. The highest BCUT2D eigenvalue weighted by Gasteiger charge is 2.37. The Hall–Kier alpha value is -2.48. The molecule has 0 aliphatic carbocycles. The Morgan fingerprint density at radius 2 is 2.21 bits per heavy atom. The number of aryl methyl sites for hydroxylation is 2. The van der Waals surface area contributed by atoms with Crippen molar-refractivity contribution in [3.05, 3.63) is 35.4 Å². The van der Waals surface area contributed by atoms with Crippen LogP contribution in [-0.2, 0) is 7.05 Å². The first kappa shape index (κ1) is 16.4. The lowest BCUT2D eigenvalue weighted by molar-refractivity contribution is 0.0775. The summed E-state index contributed by atoms with van der Waals surface area (Å²) in [6.07, 6.45) is 3.74. The molecule has 3 rings (SSSR count). The van der Waals surface area contributed by atoms with Crippen LogP contribution >= 0.6 is 0 Å². The van der Waals surface area contributed by atoms with Crippen molar-refractivity contribution in [2.75, 3.05) is 32.1 Å². The lowest BCUT2D eigenvalue weighted by Gasteiger charge is -2.16. The van der Waals surface area contributed by atoms with Gasteiger partial charge >= 0.3 is 0 Å². The van der Waals surface area contributed by atoms with E-state index in [1.165, 1.54) is 0 Å². The number of carbonyl (C=O) groups is 1. The van der Waals surface area contributed by atoms with Gasteiger partial charge in [-0.3, -0.25) is 9.48 Å². The summed E-state index contributed by atoms with van der Waals surface area (Å²) in [4.78, 5) is 23.0. The zero-order valence-electron chi connectivity index (χ0n) is 14.1. The molecule has 2 N–H and O–H groups in total. The number of nitrogens with zero attached hydrogens (tertiary/aromatic N) is 5. The van der Waals surface area contributed by atoms with Gasteiger partial charge in [0.15, 0.2) is 0 Å². The third kappa shape index (κ3) is 3.09. The maximum absolute atomic E-state index is 12.8. The van der Waals surface area contributed by atoms with Gasteiger partial charge in [0.25, 0.3) is 5.91 Å². The summed E-state index contributed by atoms with van der Waals surface area (Å²) < 4.78 is 1.74. The molecule has 0 spiro atoms. The van der Waals surface area contributed by atoms with Crippen molar-refractivity contribution >= 4 is 11.9 Å². The summed E-state index contributed by atoms with van der Waals surface area (Å²) in [6, 6.07) is 1.69. The molecule has 0 unspecified atom stereocenters. The molecule has 2 aromatic rings. The molecule has 0 radical (unpaired) electrons. The molecule has 1 aliphatic rings. The molecule has 1 aliphatic heterocycles. The second-order valence-corrected chi connectivity index (χ2v) is 6.17. The van der Waals surface area contributed by atoms with Crippen LogP contribution in [0.5, 0.6) is 0 Å². The van der Waals surface area contributed by atoms with Gasteiger partial charge < -0.3 is 15.3 Å². The molecule has 8 nitrogen and oxygen atoms in total. The molecule has 0 aromatic carbocycles. The van der Waals surface area contributed by atoms with Gasteiger partial charge in [-0.15, -0.1) is 0 Å². The van der Waals surface area contributed by atoms with Crippen LogP contribution in [0.25, 0.3) is 0 Å². The van der Waals surface area contributed by atoms with Crippen LogP contribution in [0.4, 0.5) is 5.95 Å². The van der Waals surface area contributed by atoms with Gasteiger partial charge in [0.1, 0.15) is 5.69 Å². The average Bonchev–Trinajstić information content (AvgIpc) is 3.19. The Morgan fingerprint density at radius 1 is 1.42 bits per heavy atom. The van der Waals surface area contributed by atoms with Crippen molar-refractivity contribution < 1.29 is 9.90 Å². The summed E-state index contributed by atoms with van der Waals surface area (Å²) in [5, 5.41) is 16.8. The molecule has 128 valence electrons. The lowest BCUT2D eigenvalue weighted by atomic mass is 9.92. The number of rotatable bonds is 4. The fraction of sp³-hybridized carbons (Fsp3) is 0.500. The Kier molecular flexibility index (Phi) is 4.48. The minimum Gasteiger partial charge on any atom is -0.396 e. The van der Waals surface area contributed by atoms with Crippen molar-refractivity contribution in [2.45, 2.75) is 12.8 Å². The van der Waals surface area contributed by atoms with Crippen molar-refractivity contribution in [2.24, 2.45) is 13.0 Å². The Labute approximate surface area is 140 Å². The van der Waals surface area contributed by atoms with E-state index in [1.807, 2.05) is 20.2 Å². The number of anilines is 1. The zero-order chi connectivity index (χ0) is 17.3. The standard InChI is InChI=1S/C16H22N6O2/c1-10-4-14(20-16(17-2)19-10)15(24)22-7-12(9-23)13(8-22)11-5-18-21(3)6-11/h4-6,12-13,23H,7-9H2,1-3H3,(H,17,19,20)/t12-,13-/m0/s1. The minimum absolute atomic E-state index is 0.00450. The highest BCUT2D eigenvalue weighted by Crippen LogP contribution is 2.32. The number of aromatic nitrogens is 4. The second kappa shape index (κ2) is 6.56. The molecule has 1 fully saturated rings. The van der Waals surface area contributed by atoms with E-state index in [9.17, 15) is 9.90 Å². The van der Waals surface area contributed by atoms with E-state index in [4.69, 9.17) is 0 Å². The van der Waals surface area contributed by atoms with Crippen LogP contribution in [0, 0.1) is 12.8 Å². The number of aliphatic hydroxyl groups excluding tert-OH is 1. The number of aliphatic hydroxyl groups is 1. The van der Waals surface area contributed by atoms with Crippen molar-refractivity contribution in [1.82, 2.24) is 24.6 Å². The molecule has 0 saturated carbocycles. The smallest absolute Gasteiger partial charge is 0.272 e. The van der Waals surface area contributed by atoms with Gasteiger partial charge in [0.05, 0.1) is 6.20 Å². The van der Waals surface area contributed by atoms with Gasteiger partial charge in [-0.2, -0.15) is 5.10 Å². The predicted molar refractivity (Wildman–Crippen MR) is 88.7 cm³/mol. The van der Waals surface area contributed by atoms with Crippen LogP contribution < -0.4 is 5.32 Å². The first-order valence-corrected chi connectivity index (χ1v) is 7.94. The van der Waals surface area contributed by atoms with Gasteiger partial charge in [0.2, 0.25) is 5.95 Å². The Morgan fingerprint density at radius 3 is 2.83 bits per heavy atom. The number of nitrogens with one attached hydrogen (secondary N) is 1. The topological polar surface area (TPSA) is 96.2 Å². The number of likely N-dealkylation sites (tertiary alicyclic amines) is 1. The highest BCUT2D eigenvalue weighted by molar-refractivity contribution is 5.93. The van der Waals surface area contributed by atoms with E-state index < -0.39 is 0 Å². The van der Waals surface area contributed by atoms with E-state index >= 15 is 0 Å². The fourth-order valence-corrected chi connectivity index (χ4v) is 3.18. The molecule has 8 heteroatoms. The molecule has 3 heterocycles. The van der Waals surface area contributed by atoms with Crippen molar-refractivity contribution in [3.8, 4) is 0 Å². The zero-order valence-corrected chi connectivity index (χ0v) is 14.1. The molecular weight excluding hydrogens is 308 g/mol. The molecule has 24 heavy (non-hydrogen) atoms. The number of amides is 1. The van der Waals surface area contributed by atoms with Gasteiger partial charge in [-0.1, -0.05) is 0 Å². The van der Waals surface area contributed by atoms with Gasteiger partial charge in [-0.05, 0) is 18.6 Å². The van der Waals surface area contributed by atoms with Crippen LogP contribution in [0.1, 0.15) is 27.7 Å². The third-order valence-electron chi connectivity index (χ3n) is 4.41. The van der Waals surface area contributed by atoms with E-state index in [0.29, 0.717) is 24.7 Å². The summed E-state index contributed by atoms with van der Waals surface area (Å²) in [7, 11) is 3.58. The fourth-order valence-electron chi connectivity index (χ4n) is 3.18. The van der Waals surface area contributed by atoms with Crippen LogP contribution in [0.3, 0.4) is 0 Å². The molecular formula is C16H22N6O2. The van der Waals surface area contributed by atoms with Crippen LogP contribution in [0.15, 0.2) is 18.5 Å². The highest BCUT2D eigenvalue weighted by atomic mass is 16.3. The number of carbonyl (C=O) groups excluding carboxylic acids is 1. The molecule has 1 amide bonds. The first-order chi connectivity index (χ1) is 11.5. The molecule has 2 aromatic heterocycles. The van der Waals surface area contributed by atoms with Crippen molar-refractivity contribution in [3.63, 3.8) is 0 Å². The van der Waals surface area contributed by atoms with Gasteiger partial charge in [0, 0.05) is 57.5 Å². The number of hydrogen-bond acceptors (Lipinski definition) is 6. The number of hydrogen-bond donors (Lipinski definition) is 2. The normalized spacial score (nSPS) is 20.4. The van der Waals surface area contributed by atoms with Crippen LogP contribution in [-0.4, -0.2) is 62.4 Å². The van der Waals surface area contributed by atoms with Crippen molar-refractivity contribution in [1.29, 1.82) is 0 Å². The van der Waals surface area contributed by atoms with E-state index in [-0.39, 0.29) is 24.3 Å².